The molecule has 2 aromatic rings. The number of pyridine rings is 1. The number of carbonyl (C=O) groups is 3. The van der Waals surface area contributed by atoms with Gasteiger partial charge in [0.15, 0.2) is 0 Å². The number of nitrogens with one attached hydrogen (secondary N) is 3. The molecule has 0 aliphatic carbocycles. The van der Waals surface area contributed by atoms with Crippen molar-refractivity contribution in [2.45, 2.75) is 72.6 Å². The van der Waals surface area contributed by atoms with E-state index in [1.165, 1.54) is 17.8 Å². The first-order chi connectivity index (χ1) is 17.3. The maximum atomic E-state index is 12.6. The highest BCUT2D eigenvalue weighted by atomic mass is 19.4. The molecule has 3 amide bonds. The molecule has 2 heterocycles. The first-order valence-electron chi connectivity index (χ1n) is 12.3. The Morgan fingerprint density at radius 2 is 1.70 bits per heavy atom. The van der Waals surface area contributed by atoms with Gasteiger partial charge in [-0.25, -0.2) is 0 Å². The van der Waals surface area contributed by atoms with E-state index in [-0.39, 0.29) is 18.6 Å². The molecule has 1 aliphatic heterocycles. The maximum Gasteiger partial charge on any atom is 0.471 e. The molecule has 8 nitrogen and oxygen atoms in total. The number of benzene rings is 1. The van der Waals surface area contributed by atoms with Gasteiger partial charge in [0, 0.05) is 30.1 Å². The van der Waals surface area contributed by atoms with Crippen LogP contribution in [0, 0.1) is 5.92 Å². The highest BCUT2D eigenvalue weighted by Gasteiger charge is 2.40. The van der Waals surface area contributed by atoms with Crippen LogP contribution in [0.25, 0.3) is 10.9 Å². The van der Waals surface area contributed by atoms with Crippen LogP contribution in [0.2, 0.25) is 0 Å². The molecule has 0 saturated carbocycles. The van der Waals surface area contributed by atoms with Gasteiger partial charge in [0.05, 0.1) is 6.54 Å². The Kier molecular flexibility index (Phi) is 12.8. The van der Waals surface area contributed by atoms with Crippen molar-refractivity contribution in [3.05, 3.63) is 46.2 Å². The molecule has 3 N–H and O–H groups in total. The van der Waals surface area contributed by atoms with Crippen molar-refractivity contribution in [2.24, 2.45) is 5.92 Å². The van der Waals surface area contributed by atoms with Crippen molar-refractivity contribution in [2.75, 3.05) is 13.1 Å². The number of nitrogens with zero attached hydrogens (tertiary/aromatic N) is 1. The summed E-state index contributed by atoms with van der Waals surface area (Å²) in [5, 5.41) is 4.96. The largest absolute Gasteiger partial charge is 0.471 e. The van der Waals surface area contributed by atoms with Crippen molar-refractivity contribution in [3.63, 3.8) is 0 Å². The van der Waals surface area contributed by atoms with E-state index >= 15 is 0 Å². The summed E-state index contributed by atoms with van der Waals surface area (Å²) < 4.78 is 36.8. The zero-order valence-electron chi connectivity index (χ0n) is 22.0. The Morgan fingerprint density at radius 1 is 1.11 bits per heavy atom. The van der Waals surface area contributed by atoms with Gasteiger partial charge in [0.25, 0.3) is 0 Å². The number of aromatic amines is 1. The first kappa shape index (κ1) is 31.7. The van der Waals surface area contributed by atoms with E-state index in [1.807, 2.05) is 0 Å². The average Bonchev–Trinajstić information content (AvgIpc) is 3.30. The third-order valence-corrected chi connectivity index (χ3v) is 4.82. The lowest BCUT2D eigenvalue weighted by Gasteiger charge is -2.24. The fourth-order valence-corrected chi connectivity index (χ4v) is 3.42. The van der Waals surface area contributed by atoms with E-state index in [9.17, 15) is 32.3 Å². The normalized spacial score (nSPS) is 14.8. The van der Waals surface area contributed by atoms with E-state index in [0.29, 0.717) is 23.9 Å². The molecule has 0 radical (unpaired) electrons. The fourth-order valence-electron chi connectivity index (χ4n) is 3.42. The lowest BCUT2D eigenvalue weighted by molar-refractivity contribution is -0.174. The van der Waals surface area contributed by atoms with Crippen LogP contribution >= 0.6 is 0 Å². The number of fused-ring (bicyclic) bond motifs is 1. The SMILES string of the molecule is CC(C)C.CCC.O=C(NCc1cc(=O)[nH]c2ccccc12)C1CCCN1C(=O)CNC(=O)C(F)(F)F. The van der Waals surface area contributed by atoms with Crippen LogP contribution in [0.15, 0.2) is 35.1 Å². The minimum Gasteiger partial charge on any atom is -0.350 e. The molecule has 1 aliphatic rings. The molecule has 1 saturated heterocycles. The zero-order chi connectivity index (χ0) is 28.2. The fraction of sp³-hybridized carbons (Fsp3) is 0.538. The lowest BCUT2D eigenvalue weighted by atomic mass is 10.1. The van der Waals surface area contributed by atoms with Gasteiger partial charge in [-0.15, -0.1) is 0 Å². The second kappa shape index (κ2) is 15.0. The Bertz CT molecular complexity index is 1100. The Balaban J connectivity index is 0.000000873. The molecule has 0 bridgehead atoms. The van der Waals surface area contributed by atoms with E-state index in [0.717, 1.165) is 16.2 Å². The van der Waals surface area contributed by atoms with Crippen LogP contribution in [-0.2, 0) is 20.9 Å². The molecule has 1 atom stereocenters. The highest BCUT2D eigenvalue weighted by molar-refractivity contribution is 5.91. The summed E-state index contributed by atoms with van der Waals surface area (Å²) in [7, 11) is 0. The summed E-state index contributed by atoms with van der Waals surface area (Å²) in [6, 6.07) is 7.59. The van der Waals surface area contributed by atoms with Crippen LogP contribution < -0.4 is 16.2 Å². The van der Waals surface area contributed by atoms with Gasteiger partial charge in [0.2, 0.25) is 17.4 Å². The van der Waals surface area contributed by atoms with Gasteiger partial charge in [-0.05, 0) is 30.4 Å². The third-order valence-electron chi connectivity index (χ3n) is 4.82. The summed E-state index contributed by atoms with van der Waals surface area (Å²) in [6.07, 6.45) is -2.98. The number of rotatable bonds is 5. The van der Waals surface area contributed by atoms with Gasteiger partial charge in [-0.2, -0.15) is 13.2 Å². The van der Waals surface area contributed by atoms with Gasteiger partial charge < -0.3 is 20.5 Å². The summed E-state index contributed by atoms with van der Waals surface area (Å²) in [5.41, 5.74) is 0.888. The van der Waals surface area contributed by atoms with Crippen LogP contribution in [0.4, 0.5) is 13.2 Å². The molecule has 1 aromatic carbocycles. The summed E-state index contributed by atoms with van der Waals surface area (Å²) in [5.74, 6) is -2.63. The van der Waals surface area contributed by atoms with Crippen molar-refractivity contribution < 1.29 is 27.6 Å². The molecule has 11 heteroatoms. The van der Waals surface area contributed by atoms with Gasteiger partial charge in [-0.3, -0.25) is 19.2 Å². The predicted molar refractivity (Wildman–Crippen MR) is 137 cm³/mol. The second-order valence-corrected chi connectivity index (χ2v) is 9.29. The smallest absolute Gasteiger partial charge is 0.350 e. The van der Waals surface area contributed by atoms with Crippen molar-refractivity contribution >= 4 is 28.6 Å². The Hall–Kier alpha value is -3.37. The minimum absolute atomic E-state index is 0.0482. The number of H-pyrrole nitrogens is 1. The third kappa shape index (κ3) is 10.6. The number of carbonyl (C=O) groups excluding carboxylic acids is 3. The molecule has 37 heavy (non-hydrogen) atoms. The number of hydrogen-bond acceptors (Lipinski definition) is 4. The van der Waals surface area contributed by atoms with Crippen LogP contribution in [0.5, 0.6) is 0 Å². The predicted octanol–water partition coefficient (Wildman–Crippen LogP) is 3.89. The summed E-state index contributed by atoms with van der Waals surface area (Å²) in [4.78, 5) is 51.3. The Labute approximate surface area is 215 Å². The molecule has 206 valence electrons. The molecular formula is C26H37F3N4O4. The number of para-hydroxylation sites is 1. The standard InChI is InChI=1S/C19H19F3N4O4.C4H10.C3H8/c20-19(21,22)18(30)24-10-16(28)26-7-3-6-14(26)17(29)23-9-11-8-15(27)25-13-5-2-1-4-12(11)13;1-4(2)3;1-3-2/h1-2,4-5,8,14H,3,6-7,9-10H2,(H,23,29)(H,24,30)(H,25,27);4H,1-3H3;3H2,1-2H3. The number of alkyl halides is 3. The number of halogens is 3. The second-order valence-electron chi connectivity index (χ2n) is 9.29. The Morgan fingerprint density at radius 3 is 2.30 bits per heavy atom. The lowest BCUT2D eigenvalue weighted by Crippen LogP contribution is -2.50. The van der Waals surface area contributed by atoms with Crippen molar-refractivity contribution in [1.82, 2.24) is 20.5 Å². The number of hydrogen-bond donors (Lipinski definition) is 3. The monoisotopic (exact) mass is 526 g/mol. The van der Waals surface area contributed by atoms with E-state index in [2.05, 4.69) is 44.9 Å². The highest BCUT2D eigenvalue weighted by Crippen LogP contribution is 2.19. The van der Waals surface area contributed by atoms with E-state index < -0.39 is 36.5 Å². The number of aromatic nitrogens is 1. The van der Waals surface area contributed by atoms with Gasteiger partial charge in [0.1, 0.15) is 6.04 Å². The van der Waals surface area contributed by atoms with E-state index in [4.69, 9.17) is 0 Å². The van der Waals surface area contributed by atoms with Gasteiger partial charge in [-0.1, -0.05) is 59.2 Å². The first-order valence-corrected chi connectivity index (χ1v) is 12.3. The average molecular weight is 527 g/mol. The zero-order valence-corrected chi connectivity index (χ0v) is 22.0. The quantitative estimate of drug-likeness (QED) is 0.549. The molecule has 1 fully saturated rings. The molecule has 1 aromatic heterocycles. The van der Waals surface area contributed by atoms with Crippen LogP contribution in [-0.4, -0.2) is 52.9 Å². The molecule has 0 spiro atoms. The summed E-state index contributed by atoms with van der Waals surface area (Å²) >= 11 is 0. The van der Waals surface area contributed by atoms with Gasteiger partial charge >= 0.3 is 12.1 Å². The number of amides is 3. The maximum absolute atomic E-state index is 12.6. The van der Waals surface area contributed by atoms with Crippen LogP contribution in [0.1, 0.15) is 59.4 Å². The van der Waals surface area contributed by atoms with Crippen LogP contribution in [0.3, 0.4) is 0 Å². The van der Waals surface area contributed by atoms with E-state index in [1.54, 1.807) is 24.3 Å². The number of likely N-dealkylation sites (tertiary alicyclic amines) is 1. The van der Waals surface area contributed by atoms with Crippen molar-refractivity contribution in [1.29, 1.82) is 0 Å². The topological polar surface area (TPSA) is 111 Å². The molecular weight excluding hydrogens is 489 g/mol. The minimum atomic E-state index is -5.08. The molecule has 3 rings (SSSR count). The molecule has 1 unspecified atom stereocenters. The van der Waals surface area contributed by atoms with Crippen molar-refractivity contribution in [3.8, 4) is 0 Å². The summed E-state index contributed by atoms with van der Waals surface area (Å²) in [6.45, 7) is 10.2.